The molecule has 92 valence electrons. The molecule has 0 bridgehead atoms. The molecule has 0 heterocycles. The molecule has 0 heteroatoms. The van der Waals surface area contributed by atoms with Gasteiger partial charge in [-0.05, 0) is 35.1 Å². The van der Waals surface area contributed by atoms with E-state index in [1.807, 2.05) is 6.07 Å². The monoisotopic (exact) mass is 236 g/mol. The fraction of sp³-hybridized carbons (Fsp3) is 0.222. The maximum Gasteiger partial charge on any atom is -0.0152 e. The number of benzene rings is 2. The Bertz CT molecular complexity index is 509. The minimum Gasteiger partial charge on any atom is -0.0905 e. The molecule has 2 aromatic carbocycles. The van der Waals surface area contributed by atoms with Crippen molar-refractivity contribution in [3.05, 3.63) is 77.9 Å². The van der Waals surface area contributed by atoms with Crippen LogP contribution in [0.25, 0.3) is 5.57 Å². The molecule has 0 spiro atoms. The molecule has 0 aliphatic carbocycles. The smallest absolute Gasteiger partial charge is 0.0152 e. The van der Waals surface area contributed by atoms with Gasteiger partial charge in [0.05, 0.1) is 0 Å². The molecule has 0 saturated heterocycles. The fourth-order valence-electron chi connectivity index (χ4n) is 2.19. The van der Waals surface area contributed by atoms with Crippen molar-refractivity contribution in [1.29, 1.82) is 0 Å². The Balaban J connectivity index is 2.30. The van der Waals surface area contributed by atoms with Gasteiger partial charge >= 0.3 is 0 Å². The lowest BCUT2D eigenvalue weighted by atomic mass is 9.93. The first-order valence-electron chi connectivity index (χ1n) is 6.65. The van der Waals surface area contributed by atoms with E-state index in [0.717, 1.165) is 12.0 Å². The lowest BCUT2D eigenvalue weighted by Gasteiger charge is -2.12. The lowest BCUT2D eigenvalue weighted by molar-refractivity contribution is 0.794. The summed E-state index contributed by atoms with van der Waals surface area (Å²) in [6, 6.07) is 19.0. The second-order valence-electron chi connectivity index (χ2n) is 4.61. The Morgan fingerprint density at radius 1 is 0.944 bits per heavy atom. The highest BCUT2D eigenvalue weighted by atomic mass is 14.1. The van der Waals surface area contributed by atoms with Crippen molar-refractivity contribution in [2.75, 3.05) is 0 Å². The fourth-order valence-corrected chi connectivity index (χ4v) is 2.19. The molecule has 0 aliphatic rings. The summed E-state index contributed by atoms with van der Waals surface area (Å²) < 4.78 is 0. The topological polar surface area (TPSA) is 0 Å². The molecule has 0 radical (unpaired) electrons. The van der Waals surface area contributed by atoms with Crippen LogP contribution in [-0.4, -0.2) is 0 Å². The summed E-state index contributed by atoms with van der Waals surface area (Å²) in [5.74, 6) is 0. The molecule has 0 fully saturated rings. The highest BCUT2D eigenvalue weighted by Crippen LogP contribution is 2.25. The second kappa shape index (κ2) is 6.20. The Hall–Kier alpha value is -1.82. The number of rotatable bonds is 5. The average molecular weight is 236 g/mol. The van der Waals surface area contributed by atoms with E-state index in [2.05, 4.69) is 62.0 Å². The van der Waals surface area contributed by atoms with Crippen molar-refractivity contribution in [1.82, 2.24) is 0 Å². The number of hydrogen-bond acceptors (Lipinski definition) is 0. The van der Waals surface area contributed by atoms with Crippen LogP contribution in [0.5, 0.6) is 0 Å². The first kappa shape index (κ1) is 12.6. The van der Waals surface area contributed by atoms with Crippen molar-refractivity contribution < 1.29 is 0 Å². The van der Waals surface area contributed by atoms with Crippen molar-refractivity contribution >= 4 is 5.57 Å². The van der Waals surface area contributed by atoms with Gasteiger partial charge in [0.1, 0.15) is 0 Å². The van der Waals surface area contributed by atoms with Crippen LogP contribution in [0.15, 0.2) is 61.2 Å². The molecule has 2 aromatic rings. The summed E-state index contributed by atoms with van der Waals surface area (Å²) in [4.78, 5) is 0. The standard InChI is InChI=1S/C18H20/c1-3-4-10-17-13-8-9-14-18(17)15(2)16-11-6-5-7-12-16/h5-9,11-14H,2-4,10H2,1H3. The van der Waals surface area contributed by atoms with Gasteiger partial charge in [0.15, 0.2) is 0 Å². The summed E-state index contributed by atoms with van der Waals surface area (Å²) in [5.41, 5.74) is 5.04. The predicted octanol–water partition coefficient (Wildman–Crippen LogP) is 5.09. The Morgan fingerprint density at radius 3 is 2.33 bits per heavy atom. The molecular formula is C18H20. The van der Waals surface area contributed by atoms with Gasteiger partial charge in [-0.2, -0.15) is 0 Å². The molecule has 0 aliphatic heterocycles. The summed E-state index contributed by atoms with van der Waals surface area (Å²) >= 11 is 0. The van der Waals surface area contributed by atoms with Crippen molar-refractivity contribution in [3.8, 4) is 0 Å². The van der Waals surface area contributed by atoms with E-state index in [1.165, 1.54) is 29.5 Å². The molecule has 0 nitrogen and oxygen atoms in total. The van der Waals surface area contributed by atoms with Gasteiger partial charge in [0.2, 0.25) is 0 Å². The van der Waals surface area contributed by atoms with Crippen LogP contribution in [0.4, 0.5) is 0 Å². The molecule has 0 N–H and O–H groups in total. The van der Waals surface area contributed by atoms with Crippen LogP contribution >= 0.6 is 0 Å². The van der Waals surface area contributed by atoms with E-state index in [1.54, 1.807) is 0 Å². The SMILES string of the molecule is C=C(c1ccccc1)c1ccccc1CCCC. The predicted molar refractivity (Wildman–Crippen MR) is 79.6 cm³/mol. The maximum atomic E-state index is 4.26. The Morgan fingerprint density at radius 2 is 1.61 bits per heavy atom. The summed E-state index contributed by atoms with van der Waals surface area (Å²) in [7, 11) is 0. The van der Waals surface area contributed by atoms with Crippen LogP contribution < -0.4 is 0 Å². The molecule has 0 unspecified atom stereocenters. The zero-order valence-electron chi connectivity index (χ0n) is 11.0. The highest BCUT2D eigenvalue weighted by Gasteiger charge is 2.06. The lowest BCUT2D eigenvalue weighted by Crippen LogP contribution is -1.94. The first-order valence-corrected chi connectivity index (χ1v) is 6.65. The van der Waals surface area contributed by atoms with Gasteiger partial charge < -0.3 is 0 Å². The molecular weight excluding hydrogens is 216 g/mol. The molecule has 18 heavy (non-hydrogen) atoms. The van der Waals surface area contributed by atoms with Gasteiger partial charge in [-0.1, -0.05) is 74.5 Å². The quantitative estimate of drug-likeness (QED) is 0.678. The number of hydrogen-bond donors (Lipinski definition) is 0. The van der Waals surface area contributed by atoms with Gasteiger partial charge in [-0.15, -0.1) is 0 Å². The first-order chi connectivity index (χ1) is 8.83. The minimum absolute atomic E-state index is 1.13. The van der Waals surface area contributed by atoms with Gasteiger partial charge in [0.25, 0.3) is 0 Å². The molecule has 0 aromatic heterocycles. The zero-order valence-corrected chi connectivity index (χ0v) is 11.0. The van der Waals surface area contributed by atoms with Crippen molar-refractivity contribution in [2.45, 2.75) is 26.2 Å². The van der Waals surface area contributed by atoms with E-state index >= 15 is 0 Å². The van der Waals surface area contributed by atoms with Crippen molar-refractivity contribution in [3.63, 3.8) is 0 Å². The van der Waals surface area contributed by atoms with Crippen molar-refractivity contribution in [2.24, 2.45) is 0 Å². The third kappa shape index (κ3) is 2.89. The molecule has 0 atom stereocenters. The third-order valence-electron chi connectivity index (χ3n) is 3.26. The molecule has 0 amide bonds. The Labute approximate surface area is 110 Å². The van der Waals surface area contributed by atoms with Gasteiger partial charge in [-0.3, -0.25) is 0 Å². The number of aryl methyl sites for hydroxylation is 1. The third-order valence-corrected chi connectivity index (χ3v) is 3.26. The van der Waals surface area contributed by atoms with Gasteiger partial charge in [-0.25, -0.2) is 0 Å². The van der Waals surface area contributed by atoms with E-state index < -0.39 is 0 Å². The van der Waals surface area contributed by atoms with Crippen LogP contribution in [-0.2, 0) is 6.42 Å². The van der Waals surface area contributed by atoms with Crippen LogP contribution in [0.3, 0.4) is 0 Å². The second-order valence-corrected chi connectivity index (χ2v) is 4.61. The van der Waals surface area contributed by atoms with Crippen LogP contribution in [0, 0.1) is 0 Å². The normalized spacial score (nSPS) is 10.3. The van der Waals surface area contributed by atoms with Crippen LogP contribution in [0.1, 0.15) is 36.5 Å². The van der Waals surface area contributed by atoms with E-state index in [0.29, 0.717) is 0 Å². The molecule has 2 rings (SSSR count). The van der Waals surface area contributed by atoms with Crippen LogP contribution in [0.2, 0.25) is 0 Å². The maximum absolute atomic E-state index is 4.26. The summed E-state index contributed by atoms with van der Waals surface area (Å²) in [6.45, 7) is 6.49. The van der Waals surface area contributed by atoms with Gasteiger partial charge in [0, 0.05) is 0 Å². The van der Waals surface area contributed by atoms with E-state index in [4.69, 9.17) is 0 Å². The zero-order chi connectivity index (χ0) is 12.8. The molecule has 0 saturated carbocycles. The minimum atomic E-state index is 1.13. The van der Waals surface area contributed by atoms with E-state index in [-0.39, 0.29) is 0 Å². The largest absolute Gasteiger partial charge is 0.0905 e. The number of unbranched alkanes of at least 4 members (excludes halogenated alkanes) is 1. The summed E-state index contributed by atoms with van der Waals surface area (Å²) in [5, 5.41) is 0. The Kier molecular flexibility index (Phi) is 4.35. The average Bonchev–Trinajstić information content (AvgIpc) is 2.45. The highest BCUT2D eigenvalue weighted by molar-refractivity contribution is 5.79. The summed E-state index contributed by atoms with van der Waals surface area (Å²) in [6.07, 6.45) is 3.60. The van der Waals surface area contributed by atoms with E-state index in [9.17, 15) is 0 Å².